The highest BCUT2D eigenvalue weighted by molar-refractivity contribution is 5.80. The van der Waals surface area contributed by atoms with Crippen molar-refractivity contribution in [1.82, 2.24) is 5.32 Å². The number of ketones is 1. The average molecular weight is 359 g/mol. The van der Waals surface area contributed by atoms with Crippen LogP contribution in [0.25, 0.3) is 0 Å². The number of nitrogens with one attached hydrogen (secondary N) is 1. The summed E-state index contributed by atoms with van der Waals surface area (Å²) in [4.78, 5) is 21.6. The Balaban J connectivity index is 0.000000197. The standard InChI is InChI=1S/C12H14FNO.C8H8O3/c1-8-6-9(13)2-3-11(8)12-7-10(15)4-5-14-12;9-7(8(10)11)6-4-2-1-3-5-6/h2-3,6,12,14H,4-5,7H2,1H3;1-5,7,9H,(H,10,11)/t12-;7-/m10/s1. The van der Waals surface area contributed by atoms with Gasteiger partial charge in [0.2, 0.25) is 0 Å². The number of aliphatic hydroxyl groups excluding tert-OH is 1. The molecule has 0 radical (unpaired) electrons. The summed E-state index contributed by atoms with van der Waals surface area (Å²) in [5.41, 5.74) is 2.34. The largest absolute Gasteiger partial charge is 0.479 e. The molecule has 2 aromatic rings. The zero-order valence-corrected chi connectivity index (χ0v) is 14.5. The number of aliphatic carboxylic acids is 1. The fourth-order valence-electron chi connectivity index (χ4n) is 2.82. The van der Waals surface area contributed by atoms with Gasteiger partial charge in [-0.15, -0.1) is 0 Å². The summed E-state index contributed by atoms with van der Waals surface area (Å²) in [6.45, 7) is 2.60. The van der Waals surface area contributed by atoms with Gasteiger partial charge in [0.05, 0.1) is 0 Å². The molecule has 1 heterocycles. The minimum atomic E-state index is -1.41. The van der Waals surface area contributed by atoms with Gasteiger partial charge in [0.1, 0.15) is 11.6 Å². The third-order valence-electron chi connectivity index (χ3n) is 4.18. The molecule has 0 aromatic heterocycles. The smallest absolute Gasteiger partial charge is 0.337 e. The summed E-state index contributed by atoms with van der Waals surface area (Å²) >= 11 is 0. The van der Waals surface area contributed by atoms with Gasteiger partial charge < -0.3 is 15.5 Å². The SMILES string of the molecule is Cc1cc(F)ccc1[C@H]1CC(=O)CCN1.O=C(O)[C@@H](O)c1ccccc1. The summed E-state index contributed by atoms with van der Waals surface area (Å²) < 4.78 is 12.9. The third-order valence-corrected chi connectivity index (χ3v) is 4.18. The molecule has 0 spiro atoms. The normalized spacial score (nSPS) is 17.8. The molecular weight excluding hydrogens is 337 g/mol. The number of halogens is 1. The number of Topliss-reactive ketones (excluding diaryl/α,β-unsaturated/α-hetero) is 1. The van der Waals surface area contributed by atoms with E-state index in [0.29, 0.717) is 18.4 Å². The first kappa shape index (κ1) is 19.8. The molecular formula is C20H22FNO4. The molecule has 1 fully saturated rings. The van der Waals surface area contributed by atoms with Crippen LogP contribution in [0.4, 0.5) is 4.39 Å². The summed E-state index contributed by atoms with van der Waals surface area (Å²) in [5, 5.41) is 20.7. The van der Waals surface area contributed by atoms with Crippen LogP contribution in [0.5, 0.6) is 0 Å². The Bertz CT molecular complexity index is 764. The number of carboxylic acid groups (broad SMARTS) is 1. The predicted molar refractivity (Wildman–Crippen MR) is 95.2 cm³/mol. The molecule has 0 amide bonds. The number of aliphatic hydroxyl groups is 1. The Hall–Kier alpha value is -2.57. The van der Waals surface area contributed by atoms with Gasteiger partial charge in [0.15, 0.2) is 6.10 Å². The average Bonchev–Trinajstić information content (AvgIpc) is 2.62. The molecule has 0 bridgehead atoms. The molecule has 2 atom stereocenters. The molecule has 0 saturated carbocycles. The predicted octanol–water partition coefficient (Wildman–Crippen LogP) is 2.93. The lowest BCUT2D eigenvalue weighted by Gasteiger charge is -2.24. The van der Waals surface area contributed by atoms with Crippen LogP contribution >= 0.6 is 0 Å². The number of hydrogen-bond acceptors (Lipinski definition) is 4. The minimum absolute atomic E-state index is 0.0619. The lowest BCUT2D eigenvalue weighted by Crippen LogP contribution is -2.32. The summed E-state index contributed by atoms with van der Waals surface area (Å²) in [6, 6.07) is 13.0. The monoisotopic (exact) mass is 359 g/mol. The lowest BCUT2D eigenvalue weighted by atomic mass is 9.93. The van der Waals surface area contributed by atoms with Gasteiger partial charge in [-0.2, -0.15) is 0 Å². The summed E-state index contributed by atoms with van der Waals surface area (Å²) in [7, 11) is 0. The maximum absolute atomic E-state index is 12.9. The van der Waals surface area contributed by atoms with Crippen molar-refractivity contribution < 1.29 is 24.2 Å². The molecule has 1 aliphatic rings. The number of aryl methyl sites for hydroxylation is 1. The van der Waals surface area contributed by atoms with Crippen LogP contribution in [0.1, 0.15) is 41.7 Å². The zero-order chi connectivity index (χ0) is 19.1. The number of benzene rings is 2. The van der Waals surface area contributed by atoms with E-state index >= 15 is 0 Å². The first-order chi connectivity index (χ1) is 12.4. The fraction of sp³-hybridized carbons (Fsp3) is 0.300. The molecule has 6 heteroatoms. The van der Waals surface area contributed by atoms with Crippen molar-refractivity contribution in [3.63, 3.8) is 0 Å². The first-order valence-electron chi connectivity index (χ1n) is 8.35. The first-order valence-corrected chi connectivity index (χ1v) is 8.35. The highest BCUT2D eigenvalue weighted by Gasteiger charge is 2.21. The number of carbonyl (C=O) groups excluding carboxylic acids is 1. The van der Waals surface area contributed by atoms with Crippen molar-refractivity contribution in [2.24, 2.45) is 0 Å². The van der Waals surface area contributed by atoms with Crippen LogP contribution in [-0.2, 0) is 9.59 Å². The summed E-state index contributed by atoms with van der Waals surface area (Å²) in [5.74, 6) is -1.17. The van der Waals surface area contributed by atoms with E-state index in [2.05, 4.69) is 5.32 Å². The van der Waals surface area contributed by atoms with Crippen molar-refractivity contribution in [3.8, 4) is 0 Å². The molecule has 0 aliphatic carbocycles. The van der Waals surface area contributed by atoms with Crippen molar-refractivity contribution >= 4 is 11.8 Å². The number of carbonyl (C=O) groups is 2. The van der Waals surface area contributed by atoms with Gasteiger partial charge >= 0.3 is 5.97 Å². The highest BCUT2D eigenvalue weighted by Crippen LogP contribution is 2.24. The van der Waals surface area contributed by atoms with Gasteiger partial charge in [-0.05, 0) is 35.7 Å². The molecule has 26 heavy (non-hydrogen) atoms. The third kappa shape index (κ3) is 5.47. The number of piperidine rings is 1. The molecule has 1 saturated heterocycles. The zero-order valence-electron chi connectivity index (χ0n) is 14.5. The van der Waals surface area contributed by atoms with E-state index in [-0.39, 0.29) is 17.6 Å². The molecule has 2 aromatic carbocycles. The van der Waals surface area contributed by atoms with Crippen LogP contribution in [0, 0.1) is 12.7 Å². The van der Waals surface area contributed by atoms with Crippen molar-refractivity contribution in [3.05, 3.63) is 71.0 Å². The van der Waals surface area contributed by atoms with Crippen molar-refractivity contribution in [2.45, 2.75) is 31.9 Å². The lowest BCUT2D eigenvalue weighted by molar-refractivity contribution is -0.147. The Kier molecular flexibility index (Phi) is 7.00. The van der Waals surface area contributed by atoms with Gasteiger partial charge in [-0.3, -0.25) is 4.79 Å². The van der Waals surface area contributed by atoms with E-state index in [1.807, 2.05) is 6.92 Å². The second-order valence-electron chi connectivity index (χ2n) is 6.15. The maximum atomic E-state index is 12.9. The topological polar surface area (TPSA) is 86.6 Å². The van der Waals surface area contributed by atoms with Gasteiger partial charge in [-0.1, -0.05) is 36.4 Å². The second kappa shape index (κ2) is 9.22. The molecule has 0 unspecified atom stereocenters. The Labute approximate surface area is 151 Å². The van der Waals surface area contributed by atoms with E-state index in [1.165, 1.54) is 12.1 Å². The van der Waals surface area contributed by atoms with Crippen LogP contribution in [0.2, 0.25) is 0 Å². The molecule has 3 N–H and O–H groups in total. The van der Waals surface area contributed by atoms with Gasteiger partial charge in [0, 0.05) is 25.4 Å². The van der Waals surface area contributed by atoms with Crippen molar-refractivity contribution in [2.75, 3.05) is 6.54 Å². The summed E-state index contributed by atoms with van der Waals surface area (Å²) in [6.07, 6.45) is -0.278. The Morgan fingerprint density at radius 2 is 1.92 bits per heavy atom. The number of carboxylic acids is 1. The van der Waals surface area contributed by atoms with E-state index in [1.54, 1.807) is 36.4 Å². The van der Waals surface area contributed by atoms with Crippen molar-refractivity contribution in [1.29, 1.82) is 0 Å². The molecule has 3 rings (SSSR count). The molecule has 138 valence electrons. The van der Waals surface area contributed by atoms with Gasteiger partial charge in [0.25, 0.3) is 0 Å². The van der Waals surface area contributed by atoms with E-state index in [0.717, 1.165) is 17.7 Å². The van der Waals surface area contributed by atoms with Crippen LogP contribution in [0.15, 0.2) is 48.5 Å². The maximum Gasteiger partial charge on any atom is 0.337 e. The van der Waals surface area contributed by atoms with Crippen LogP contribution in [0.3, 0.4) is 0 Å². The molecule has 5 nitrogen and oxygen atoms in total. The van der Waals surface area contributed by atoms with Crippen LogP contribution < -0.4 is 5.32 Å². The minimum Gasteiger partial charge on any atom is -0.479 e. The van der Waals surface area contributed by atoms with E-state index in [9.17, 15) is 14.0 Å². The quantitative estimate of drug-likeness (QED) is 0.784. The fourth-order valence-corrected chi connectivity index (χ4v) is 2.82. The Morgan fingerprint density at radius 3 is 2.50 bits per heavy atom. The Morgan fingerprint density at radius 1 is 1.23 bits per heavy atom. The molecule has 1 aliphatic heterocycles. The number of hydrogen-bond donors (Lipinski definition) is 3. The number of rotatable bonds is 3. The van der Waals surface area contributed by atoms with E-state index in [4.69, 9.17) is 10.2 Å². The van der Waals surface area contributed by atoms with Gasteiger partial charge in [-0.25, -0.2) is 9.18 Å². The second-order valence-corrected chi connectivity index (χ2v) is 6.15. The van der Waals surface area contributed by atoms with Crippen LogP contribution in [-0.4, -0.2) is 28.5 Å². The highest BCUT2D eigenvalue weighted by atomic mass is 19.1. The van der Waals surface area contributed by atoms with E-state index < -0.39 is 12.1 Å².